The van der Waals surface area contributed by atoms with Gasteiger partial charge in [0.15, 0.2) is 9.84 Å². The number of nitrogens with zero attached hydrogens (tertiary/aromatic N) is 2. The second-order valence-electron chi connectivity index (χ2n) is 10.8. The van der Waals surface area contributed by atoms with Crippen LogP contribution in [0.1, 0.15) is 45.1 Å². The fraction of sp³-hybridized carbons (Fsp3) is 0.517. The Bertz CT molecular complexity index is 1170. The monoisotopic (exact) mass is 525 g/mol. The Labute approximate surface area is 221 Å². The summed E-state index contributed by atoms with van der Waals surface area (Å²) in [5, 5.41) is 2.92. The van der Waals surface area contributed by atoms with Crippen LogP contribution in [0, 0.1) is 5.92 Å². The lowest BCUT2D eigenvalue weighted by molar-refractivity contribution is -0.135. The number of rotatable bonds is 9. The van der Waals surface area contributed by atoms with E-state index in [2.05, 4.69) is 31.1 Å². The van der Waals surface area contributed by atoms with Crippen molar-refractivity contribution in [2.45, 2.75) is 75.0 Å². The van der Waals surface area contributed by atoms with E-state index < -0.39 is 15.9 Å². The van der Waals surface area contributed by atoms with Gasteiger partial charge in [-0.15, -0.1) is 0 Å². The van der Waals surface area contributed by atoms with Gasteiger partial charge in [0.1, 0.15) is 6.04 Å². The van der Waals surface area contributed by atoms with E-state index in [1.54, 1.807) is 24.3 Å². The third kappa shape index (κ3) is 6.60. The lowest BCUT2D eigenvalue weighted by Crippen LogP contribution is -2.53. The molecule has 7 nitrogen and oxygen atoms in total. The van der Waals surface area contributed by atoms with Gasteiger partial charge in [0, 0.05) is 24.7 Å². The normalized spacial score (nSPS) is 24.6. The van der Waals surface area contributed by atoms with Crippen molar-refractivity contribution >= 4 is 21.7 Å². The molecule has 1 aliphatic heterocycles. The van der Waals surface area contributed by atoms with Crippen molar-refractivity contribution in [2.75, 3.05) is 19.3 Å². The summed E-state index contributed by atoms with van der Waals surface area (Å²) in [5.41, 5.74) is 0.904. The Morgan fingerprint density at radius 3 is 2.32 bits per heavy atom. The van der Waals surface area contributed by atoms with E-state index >= 15 is 0 Å². The molecule has 2 aromatic carbocycles. The number of likely N-dealkylation sites (tertiary alicyclic amines) is 1. The van der Waals surface area contributed by atoms with Gasteiger partial charge in [-0.25, -0.2) is 8.42 Å². The molecule has 1 saturated heterocycles. The van der Waals surface area contributed by atoms with Gasteiger partial charge in [-0.1, -0.05) is 48.5 Å². The molecule has 0 unspecified atom stereocenters. The Balaban J connectivity index is 1.48. The highest BCUT2D eigenvalue weighted by molar-refractivity contribution is 7.91. The van der Waals surface area contributed by atoms with Gasteiger partial charge in [0.2, 0.25) is 11.8 Å². The summed E-state index contributed by atoms with van der Waals surface area (Å²) in [6.45, 7) is 4.83. The van der Waals surface area contributed by atoms with Crippen molar-refractivity contribution in [1.29, 1.82) is 0 Å². The highest BCUT2D eigenvalue weighted by Gasteiger charge is 2.44. The van der Waals surface area contributed by atoms with Crippen molar-refractivity contribution in [3.05, 3.63) is 66.2 Å². The summed E-state index contributed by atoms with van der Waals surface area (Å²) in [4.78, 5) is 30.6. The maximum atomic E-state index is 13.4. The summed E-state index contributed by atoms with van der Waals surface area (Å²) in [6, 6.07) is 18.0. The first kappa shape index (κ1) is 27.3. The van der Waals surface area contributed by atoms with E-state index in [1.165, 1.54) is 0 Å². The minimum absolute atomic E-state index is 0.0128. The highest BCUT2D eigenvalue weighted by atomic mass is 32.2. The molecule has 0 spiro atoms. The molecule has 8 heteroatoms. The van der Waals surface area contributed by atoms with Crippen LogP contribution in [0.3, 0.4) is 0 Å². The molecule has 0 bridgehead atoms. The topological polar surface area (TPSA) is 86.8 Å². The predicted octanol–water partition coefficient (Wildman–Crippen LogP) is 3.30. The highest BCUT2D eigenvalue weighted by Crippen LogP contribution is 2.35. The summed E-state index contributed by atoms with van der Waals surface area (Å²) in [6.07, 6.45) is 3.17. The van der Waals surface area contributed by atoms with Crippen LogP contribution in [0.25, 0.3) is 0 Å². The first-order valence-corrected chi connectivity index (χ1v) is 14.9. The van der Waals surface area contributed by atoms with Crippen molar-refractivity contribution < 1.29 is 18.0 Å². The van der Waals surface area contributed by atoms with Crippen molar-refractivity contribution in [2.24, 2.45) is 5.92 Å². The summed E-state index contributed by atoms with van der Waals surface area (Å²) >= 11 is 0. The van der Waals surface area contributed by atoms with Crippen molar-refractivity contribution in [3.8, 4) is 0 Å². The second kappa shape index (κ2) is 11.8. The number of hydrogen-bond donors (Lipinski definition) is 1. The fourth-order valence-electron chi connectivity index (χ4n) is 5.80. The average Bonchev–Trinajstić information content (AvgIpc) is 3.23. The van der Waals surface area contributed by atoms with Crippen LogP contribution >= 0.6 is 0 Å². The van der Waals surface area contributed by atoms with E-state index in [-0.39, 0.29) is 42.0 Å². The number of carbonyl (C=O) groups is 2. The Morgan fingerprint density at radius 1 is 1.03 bits per heavy atom. The average molecular weight is 526 g/mol. The number of amides is 2. The van der Waals surface area contributed by atoms with E-state index in [0.29, 0.717) is 23.9 Å². The van der Waals surface area contributed by atoms with Crippen LogP contribution < -0.4 is 5.32 Å². The molecular weight excluding hydrogens is 486 g/mol. The molecule has 2 aliphatic rings. The minimum Gasteiger partial charge on any atom is -0.344 e. The Morgan fingerprint density at radius 2 is 1.68 bits per heavy atom. The maximum absolute atomic E-state index is 13.4. The molecule has 37 heavy (non-hydrogen) atoms. The second-order valence-corrected chi connectivity index (χ2v) is 12.8. The summed E-state index contributed by atoms with van der Waals surface area (Å²) < 4.78 is 26.7. The van der Waals surface area contributed by atoms with Crippen LogP contribution in [0.2, 0.25) is 0 Å². The summed E-state index contributed by atoms with van der Waals surface area (Å²) in [5.74, 6) is -0.423. The first-order chi connectivity index (χ1) is 17.7. The zero-order valence-electron chi connectivity index (χ0n) is 22.0. The van der Waals surface area contributed by atoms with Gasteiger partial charge in [0.25, 0.3) is 0 Å². The summed E-state index contributed by atoms with van der Waals surface area (Å²) in [7, 11) is -1.41. The molecule has 0 radical (unpaired) electrons. The van der Waals surface area contributed by atoms with Crippen LogP contribution in [0.15, 0.2) is 65.6 Å². The Kier molecular flexibility index (Phi) is 8.70. The molecule has 2 amide bonds. The van der Waals surface area contributed by atoms with Gasteiger partial charge >= 0.3 is 0 Å². The molecule has 1 N–H and O–H groups in total. The molecule has 0 aromatic heterocycles. The van der Waals surface area contributed by atoms with Crippen LogP contribution in [0.4, 0.5) is 0 Å². The van der Waals surface area contributed by atoms with Gasteiger partial charge in [0.05, 0.1) is 17.1 Å². The van der Waals surface area contributed by atoms with Crippen LogP contribution in [-0.2, 0) is 25.8 Å². The van der Waals surface area contributed by atoms with Gasteiger partial charge in [-0.3, -0.25) is 9.59 Å². The van der Waals surface area contributed by atoms with Crippen molar-refractivity contribution in [1.82, 2.24) is 15.1 Å². The molecule has 2 fully saturated rings. The molecule has 1 heterocycles. The molecule has 1 saturated carbocycles. The lowest BCUT2D eigenvalue weighted by atomic mass is 9.81. The number of carbonyl (C=O) groups excluding carboxylic acids is 2. The van der Waals surface area contributed by atoms with Crippen molar-refractivity contribution in [3.63, 3.8) is 0 Å². The van der Waals surface area contributed by atoms with E-state index in [9.17, 15) is 18.0 Å². The molecule has 4 atom stereocenters. The molecule has 1 aliphatic carbocycles. The smallest absolute Gasteiger partial charge is 0.245 e. The third-order valence-corrected chi connectivity index (χ3v) is 9.88. The minimum atomic E-state index is -3.50. The van der Waals surface area contributed by atoms with Gasteiger partial charge < -0.3 is 15.1 Å². The molecule has 200 valence electrons. The van der Waals surface area contributed by atoms with Gasteiger partial charge in [-0.05, 0) is 70.2 Å². The zero-order chi connectivity index (χ0) is 26.6. The molecule has 2 aromatic rings. The molecule has 4 rings (SSSR count). The quantitative estimate of drug-likeness (QED) is 0.543. The first-order valence-electron chi connectivity index (χ1n) is 13.3. The molecular formula is C29H39N3O4S. The predicted molar refractivity (Wildman–Crippen MR) is 145 cm³/mol. The lowest BCUT2D eigenvalue weighted by Gasteiger charge is -2.44. The number of nitrogens with one attached hydrogen (secondary N) is 1. The largest absolute Gasteiger partial charge is 0.344 e. The van der Waals surface area contributed by atoms with Gasteiger partial charge in [-0.2, -0.15) is 0 Å². The van der Waals surface area contributed by atoms with E-state index in [1.807, 2.05) is 41.3 Å². The maximum Gasteiger partial charge on any atom is 0.245 e. The fourth-order valence-corrected chi connectivity index (χ4v) is 7.49. The van der Waals surface area contributed by atoms with Crippen LogP contribution in [0.5, 0.6) is 0 Å². The van der Waals surface area contributed by atoms with Crippen LogP contribution in [-0.4, -0.2) is 73.5 Å². The number of benzene rings is 2. The van der Waals surface area contributed by atoms with E-state index in [4.69, 9.17) is 0 Å². The third-order valence-electron chi connectivity index (χ3n) is 8.02. The zero-order valence-corrected chi connectivity index (χ0v) is 22.9. The SMILES string of the molecule is CC(C)N(C)[C@@H]1CC[C@H](N2CC[C@H](NC(=O)Cc3ccccc3)C2=O)[C@@H](CS(=O)(=O)c2ccccc2)C1. The standard InChI is InChI=1S/C29H39N3O4S/c1-21(2)31(3)24-14-15-27(23(19-24)20-37(35,36)25-12-8-5-9-13-25)32-17-16-26(29(32)34)30-28(33)18-22-10-6-4-7-11-22/h4-13,21,23-24,26-27H,14-20H2,1-3H3,(H,30,33)/t23-,24-,26+,27+/m1/s1. The number of sulfone groups is 1. The Hall–Kier alpha value is -2.71. The van der Waals surface area contributed by atoms with E-state index in [0.717, 1.165) is 24.8 Å². The number of hydrogen-bond acceptors (Lipinski definition) is 5.